The number of aryl methyl sites for hydroxylation is 1. The van der Waals surface area contributed by atoms with Crippen LogP contribution in [0.1, 0.15) is 16.7 Å². The molecule has 0 aromatic heterocycles. The summed E-state index contributed by atoms with van der Waals surface area (Å²) in [6.45, 7) is 1.99. The van der Waals surface area contributed by atoms with Gasteiger partial charge in [0.15, 0.2) is 0 Å². The van der Waals surface area contributed by atoms with Gasteiger partial charge in [0.2, 0.25) is 4.87 Å². The van der Waals surface area contributed by atoms with Gasteiger partial charge in [0, 0.05) is 11.3 Å². The van der Waals surface area contributed by atoms with Crippen molar-refractivity contribution in [2.45, 2.75) is 11.8 Å². The minimum Gasteiger partial charge on any atom is -0.507 e. The van der Waals surface area contributed by atoms with E-state index < -0.39 is 4.87 Å². The predicted octanol–water partition coefficient (Wildman–Crippen LogP) is 2.50. The lowest BCUT2D eigenvalue weighted by Gasteiger charge is -2.20. The summed E-state index contributed by atoms with van der Waals surface area (Å²) >= 11 is 1.31. The van der Waals surface area contributed by atoms with Crippen LogP contribution < -0.4 is 10.7 Å². The van der Waals surface area contributed by atoms with Gasteiger partial charge in [-0.2, -0.15) is 5.10 Å². The van der Waals surface area contributed by atoms with E-state index in [9.17, 15) is 9.90 Å². The Kier molecular flexibility index (Phi) is 2.71. The number of hydrazone groups is 1. The van der Waals surface area contributed by atoms with E-state index >= 15 is 0 Å². The first-order chi connectivity index (χ1) is 10.6. The number of anilines is 1. The zero-order valence-corrected chi connectivity index (χ0v) is 12.6. The molecule has 1 amide bonds. The summed E-state index contributed by atoms with van der Waals surface area (Å²) in [6.07, 6.45) is 0. The van der Waals surface area contributed by atoms with Crippen molar-refractivity contribution in [2.75, 3.05) is 5.32 Å². The van der Waals surface area contributed by atoms with Crippen molar-refractivity contribution >= 4 is 28.4 Å². The van der Waals surface area contributed by atoms with Crippen LogP contribution in [0.25, 0.3) is 0 Å². The number of phenols is 1. The Hall–Kier alpha value is -2.47. The van der Waals surface area contributed by atoms with Gasteiger partial charge in [-0.25, -0.2) is 0 Å². The molecule has 0 fully saturated rings. The van der Waals surface area contributed by atoms with Crippen LogP contribution in [0.2, 0.25) is 0 Å². The van der Waals surface area contributed by atoms with Gasteiger partial charge in [-0.05, 0) is 25.1 Å². The molecule has 0 bridgehead atoms. The van der Waals surface area contributed by atoms with E-state index in [0.717, 1.165) is 16.8 Å². The van der Waals surface area contributed by atoms with Gasteiger partial charge in [0.1, 0.15) is 10.8 Å². The lowest BCUT2D eigenvalue weighted by Crippen LogP contribution is -2.39. The van der Waals surface area contributed by atoms with Gasteiger partial charge in [0.25, 0.3) is 5.91 Å². The first-order valence-corrected chi connectivity index (χ1v) is 7.67. The van der Waals surface area contributed by atoms with Crippen LogP contribution in [-0.4, -0.2) is 16.1 Å². The zero-order chi connectivity index (χ0) is 15.3. The molecule has 0 unspecified atom stereocenters. The zero-order valence-electron chi connectivity index (χ0n) is 11.8. The molecular formula is C16H13N3O2S. The van der Waals surface area contributed by atoms with Crippen molar-refractivity contribution in [3.8, 4) is 5.75 Å². The molecule has 0 saturated heterocycles. The fourth-order valence-electron chi connectivity index (χ4n) is 2.69. The van der Waals surface area contributed by atoms with Crippen molar-refractivity contribution in [1.29, 1.82) is 0 Å². The number of phenolic OH excluding ortho intramolecular Hbond substituents is 1. The number of para-hydroxylation sites is 1. The van der Waals surface area contributed by atoms with Crippen LogP contribution >= 0.6 is 11.8 Å². The van der Waals surface area contributed by atoms with Crippen molar-refractivity contribution in [1.82, 2.24) is 5.43 Å². The topological polar surface area (TPSA) is 73.7 Å². The highest BCUT2D eigenvalue weighted by Crippen LogP contribution is 2.48. The number of rotatable bonds is 1. The summed E-state index contributed by atoms with van der Waals surface area (Å²) in [5, 5.41) is 17.8. The Morgan fingerprint density at radius 1 is 1.23 bits per heavy atom. The minimum absolute atomic E-state index is 0.146. The van der Waals surface area contributed by atoms with Gasteiger partial charge in [-0.15, -0.1) is 0 Å². The summed E-state index contributed by atoms with van der Waals surface area (Å²) in [5.41, 5.74) is 6.33. The molecule has 2 aliphatic rings. The normalized spacial score (nSPS) is 22.2. The summed E-state index contributed by atoms with van der Waals surface area (Å²) in [4.78, 5) is 11.5. The van der Waals surface area contributed by atoms with Crippen LogP contribution in [0.4, 0.5) is 5.69 Å². The first kappa shape index (κ1) is 13.2. The third-order valence-corrected chi connectivity index (χ3v) is 5.13. The summed E-state index contributed by atoms with van der Waals surface area (Å²) in [6, 6.07) is 12.8. The van der Waals surface area contributed by atoms with Crippen molar-refractivity contribution in [3.63, 3.8) is 0 Å². The monoisotopic (exact) mass is 311 g/mol. The summed E-state index contributed by atoms with van der Waals surface area (Å²) in [7, 11) is 0. The average molecular weight is 311 g/mol. The third-order valence-electron chi connectivity index (χ3n) is 3.82. The van der Waals surface area contributed by atoms with E-state index in [1.807, 2.05) is 31.2 Å². The predicted molar refractivity (Wildman–Crippen MR) is 86.9 cm³/mol. The number of hydrogen-bond acceptors (Lipinski definition) is 5. The molecule has 6 heteroatoms. The van der Waals surface area contributed by atoms with E-state index in [0.29, 0.717) is 10.6 Å². The maximum Gasteiger partial charge on any atom is 0.267 e. The number of carbonyl (C=O) groups is 1. The molecule has 22 heavy (non-hydrogen) atoms. The molecule has 1 spiro atoms. The first-order valence-electron chi connectivity index (χ1n) is 6.85. The van der Waals surface area contributed by atoms with Crippen molar-refractivity contribution in [2.24, 2.45) is 5.10 Å². The molecule has 3 N–H and O–H groups in total. The van der Waals surface area contributed by atoms with E-state index in [2.05, 4.69) is 15.8 Å². The second kappa shape index (κ2) is 4.51. The van der Waals surface area contributed by atoms with Crippen LogP contribution in [0.5, 0.6) is 5.75 Å². The molecule has 2 aromatic carbocycles. The van der Waals surface area contributed by atoms with E-state index in [1.54, 1.807) is 18.2 Å². The van der Waals surface area contributed by atoms with Crippen LogP contribution in [0.3, 0.4) is 0 Å². The molecule has 0 aliphatic carbocycles. The Bertz CT molecular complexity index is 834. The fraction of sp³-hybridized carbons (Fsp3) is 0.125. The highest BCUT2D eigenvalue weighted by molar-refractivity contribution is 8.16. The molecule has 1 atom stereocenters. The van der Waals surface area contributed by atoms with Gasteiger partial charge in [-0.3, -0.25) is 10.2 Å². The van der Waals surface area contributed by atoms with Gasteiger partial charge < -0.3 is 10.4 Å². The van der Waals surface area contributed by atoms with Gasteiger partial charge in [0.05, 0.1) is 5.56 Å². The standard InChI is InChI=1S/C16H13N3O2S/c1-9-6-7-12-11(8-9)16(15(21)17-12)19-18-14(22-16)10-4-2-3-5-13(10)20/h2-8,19-20H,1H3,(H,17,21)/t16-/m0/s1. The Balaban J connectivity index is 1.77. The van der Waals surface area contributed by atoms with Crippen molar-refractivity contribution in [3.05, 3.63) is 59.2 Å². The number of thioether (sulfide) groups is 1. The number of benzene rings is 2. The smallest absolute Gasteiger partial charge is 0.267 e. The van der Waals surface area contributed by atoms with Crippen LogP contribution in [0, 0.1) is 6.92 Å². The SMILES string of the molecule is Cc1ccc2c(c1)[C@@]1(NN=C(c3ccccc3O)S1)C(=O)N2. The Morgan fingerprint density at radius 3 is 2.86 bits per heavy atom. The van der Waals surface area contributed by atoms with Crippen LogP contribution in [0.15, 0.2) is 47.6 Å². The number of hydrogen-bond donors (Lipinski definition) is 3. The molecule has 0 saturated carbocycles. The number of aromatic hydroxyl groups is 1. The lowest BCUT2D eigenvalue weighted by atomic mass is 10.1. The van der Waals surface area contributed by atoms with E-state index in [1.165, 1.54) is 11.8 Å². The second-order valence-corrected chi connectivity index (χ2v) is 6.54. The number of nitrogens with zero attached hydrogens (tertiary/aromatic N) is 1. The maximum atomic E-state index is 12.5. The highest BCUT2D eigenvalue weighted by atomic mass is 32.2. The highest BCUT2D eigenvalue weighted by Gasteiger charge is 2.52. The molecule has 2 aromatic rings. The largest absolute Gasteiger partial charge is 0.507 e. The lowest BCUT2D eigenvalue weighted by molar-refractivity contribution is -0.118. The number of amides is 1. The average Bonchev–Trinajstić information content (AvgIpc) is 3.05. The van der Waals surface area contributed by atoms with Crippen molar-refractivity contribution < 1.29 is 9.90 Å². The van der Waals surface area contributed by atoms with Gasteiger partial charge in [-0.1, -0.05) is 41.6 Å². The number of fused-ring (bicyclic) bond motifs is 2. The molecule has 5 nitrogen and oxygen atoms in total. The second-order valence-electron chi connectivity index (χ2n) is 5.33. The summed E-state index contributed by atoms with van der Waals surface area (Å²) in [5.74, 6) is 0.00254. The minimum atomic E-state index is -0.959. The van der Waals surface area contributed by atoms with E-state index in [4.69, 9.17) is 0 Å². The van der Waals surface area contributed by atoms with Gasteiger partial charge >= 0.3 is 0 Å². The molecular weight excluding hydrogens is 298 g/mol. The molecule has 2 heterocycles. The van der Waals surface area contributed by atoms with Crippen LogP contribution in [-0.2, 0) is 9.67 Å². The Labute approximate surface area is 131 Å². The maximum absolute atomic E-state index is 12.5. The Morgan fingerprint density at radius 2 is 2.05 bits per heavy atom. The summed E-state index contributed by atoms with van der Waals surface area (Å²) < 4.78 is 0. The number of carbonyl (C=O) groups excluding carboxylic acids is 1. The third kappa shape index (κ3) is 1.74. The quantitative estimate of drug-likeness (QED) is 0.756. The molecule has 4 rings (SSSR count). The van der Waals surface area contributed by atoms with E-state index in [-0.39, 0.29) is 11.7 Å². The number of nitrogens with one attached hydrogen (secondary N) is 2. The molecule has 0 radical (unpaired) electrons. The molecule has 110 valence electrons. The molecule has 2 aliphatic heterocycles. The fourth-order valence-corrected chi connectivity index (χ4v) is 3.87.